The third-order valence-corrected chi connectivity index (χ3v) is 4.24. The number of ether oxygens (including phenoxy) is 2. The molecule has 8 nitrogen and oxygen atoms in total. The summed E-state index contributed by atoms with van der Waals surface area (Å²) in [6.07, 6.45) is 0.887. The van der Waals surface area contributed by atoms with Crippen LogP contribution in [0, 0.1) is 0 Å². The van der Waals surface area contributed by atoms with Gasteiger partial charge in [0, 0.05) is 17.5 Å². The number of aromatic nitrogens is 2. The van der Waals surface area contributed by atoms with Crippen LogP contribution in [-0.2, 0) is 9.47 Å². The van der Waals surface area contributed by atoms with Crippen molar-refractivity contribution in [3.8, 4) is 0 Å². The van der Waals surface area contributed by atoms with Crippen LogP contribution in [0.2, 0.25) is 0 Å². The Morgan fingerprint density at radius 1 is 1.30 bits per heavy atom. The molecule has 0 aromatic carbocycles. The minimum Gasteiger partial charge on any atom is -0.425 e. The molecule has 1 aromatic heterocycles. The third kappa shape index (κ3) is 2.07. The van der Waals surface area contributed by atoms with E-state index in [1.54, 1.807) is 4.90 Å². The maximum Gasteiger partial charge on any atom is 0.509 e. The first-order chi connectivity index (χ1) is 9.69. The zero-order valence-electron chi connectivity index (χ0n) is 10.4. The van der Waals surface area contributed by atoms with E-state index in [0.717, 1.165) is 18.7 Å². The molecule has 3 heterocycles. The smallest absolute Gasteiger partial charge is 0.425 e. The van der Waals surface area contributed by atoms with Gasteiger partial charge in [0.1, 0.15) is 5.82 Å². The average Bonchev–Trinajstić information content (AvgIpc) is 2.86. The van der Waals surface area contributed by atoms with Crippen molar-refractivity contribution < 1.29 is 19.1 Å². The zero-order valence-corrected chi connectivity index (χ0v) is 11.3. The third-order valence-electron chi connectivity index (χ3n) is 3.60. The number of carbonyl (C=O) groups excluding carboxylic acids is 2. The Morgan fingerprint density at radius 3 is 2.65 bits per heavy atom. The maximum absolute atomic E-state index is 12.1. The van der Waals surface area contributed by atoms with E-state index in [1.165, 1.54) is 11.5 Å². The summed E-state index contributed by atoms with van der Waals surface area (Å²) in [5, 5.41) is 3.23. The quantitative estimate of drug-likeness (QED) is 0.823. The first kappa shape index (κ1) is 11.9. The lowest BCUT2D eigenvalue weighted by Crippen LogP contribution is -2.35. The van der Waals surface area contributed by atoms with Gasteiger partial charge < -0.3 is 14.4 Å². The standard InChI is InChI=1S/C11H12N4O4S/c16-10(13-9-12-8(14-20-9)5-1-2-5)15-3-6-7(4-15)19-11(17)18-6/h5-7H,1-4H2,(H,12,13,14,16)/t6-,7+. The lowest BCUT2D eigenvalue weighted by molar-refractivity contribution is 0.100. The van der Waals surface area contributed by atoms with Crippen molar-refractivity contribution in [2.24, 2.45) is 0 Å². The van der Waals surface area contributed by atoms with Crippen LogP contribution < -0.4 is 5.32 Å². The van der Waals surface area contributed by atoms with Crippen LogP contribution in [0.4, 0.5) is 14.7 Å². The summed E-state index contributed by atoms with van der Waals surface area (Å²) in [6.45, 7) is 0.688. The molecule has 0 bridgehead atoms. The number of likely N-dealkylation sites (tertiary alicyclic amines) is 1. The van der Waals surface area contributed by atoms with Crippen molar-refractivity contribution in [2.75, 3.05) is 18.4 Å². The number of fused-ring (bicyclic) bond motifs is 1. The second-order valence-corrected chi connectivity index (χ2v) is 5.88. The number of hydrogen-bond acceptors (Lipinski definition) is 7. The Kier molecular flexibility index (Phi) is 2.56. The van der Waals surface area contributed by atoms with E-state index in [4.69, 9.17) is 9.47 Å². The van der Waals surface area contributed by atoms with Crippen molar-refractivity contribution in [2.45, 2.75) is 31.0 Å². The molecule has 3 fully saturated rings. The summed E-state index contributed by atoms with van der Waals surface area (Å²) in [4.78, 5) is 28.9. The van der Waals surface area contributed by atoms with Crippen molar-refractivity contribution in [1.29, 1.82) is 0 Å². The number of nitrogens with zero attached hydrogens (tertiary/aromatic N) is 3. The van der Waals surface area contributed by atoms with Crippen molar-refractivity contribution in [3.63, 3.8) is 0 Å². The van der Waals surface area contributed by atoms with Gasteiger partial charge in [-0.2, -0.15) is 4.37 Å². The van der Waals surface area contributed by atoms with Crippen LogP contribution in [0.25, 0.3) is 0 Å². The molecule has 0 radical (unpaired) electrons. The summed E-state index contributed by atoms with van der Waals surface area (Å²) in [5.74, 6) is 1.29. The van der Waals surface area contributed by atoms with E-state index in [0.29, 0.717) is 24.1 Å². The molecule has 0 unspecified atom stereocenters. The van der Waals surface area contributed by atoms with Gasteiger partial charge in [-0.25, -0.2) is 14.6 Å². The normalized spacial score (nSPS) is 28.0. The molecule has 2 aliphatic heterocycles. The second-order valence-electron chi connectivity index (χ2n) is 5.13. The summed E-state index contributed by atoms with van der Waals surface area (Å²) >= 11 is 1.19. The van der Waals surface area contributed by atoms with E-state index in [1.807, 2.05) is 0 Å². The van der Waals surface area contributed by atoms with Gasteiger partial charge >= 0.3 is 12.2 Å². The molecule has 1 N–H and O–H groups in total. The van der Waals surface area contributed by atoms with Crippen LogP contribution >= 0.6 is 11.5 Å². The van der Waals surface area contributed by atoms with Crippen molar-refractivity contribution in [1.82, 2.24) is 14.3 Å². The van der Waals surface area contributed by atoms with Gasteiger partial charge in [-0.1, -0.05) is 0 Å². The minimum atomic E-state index is -0.654. The van der Waals surface area contributed by atoms with Crippen LogP contribution in [0.1, 0.15) is 24.6 Å². The predicted molar refractivity (Wildman–Crippen MR) is 67.6 cm³/mol. The molecule has 4 rings (SSSR count). The highest BCUT2D eigenvalue weighted by Gasteiger charge is 2.45. The number of carbonyl (C=O) groups is 2. The fourth-order valence-electron chi connectivity index (χ4n) is 2.37. The van der Waals surface area contributed by atoms with E-state index in [-0.39, 0.29) is 18.2 Å². The molecule has 9 heteroatoms. The number of anilines is 1. The van der Waals surface area contributed by atoms with Gasteiger partial charge in [0.15, 0.2) is 12.2 Å². The van der Waals surface area contributed by atoms with Gasteiger partial charge in [-0.3, -0.25) is 5.32 Å². The largest absolute Gasteiger partial charge is 0.509 e. The van der Waals surface area contributed by atoms with E-state index in [2.05, 4.69) is 14.7 Å². The van der Waals surface area contributed by atoms with Crippen LogP contribution in [-0.4, -0.2) is 51.7 Å². The summed E-state index contributed by atoms with van der Waals surface area (Å²) in [5.41, 5.74) is 0. The molecule has 2 saturated heterocycles. The Bertz CT molecular complexity index is 557. The topological polar surface area (TPSA) is 93.7 Å². The molecule has 3 aliphatic rings. The Balaban J connectivity index is 1.37. The highest BCUT2D eigenvalue weighted by molar-refractivity contribution is 7.09. The van der Waals surface area contributed by atoms with Crippen LogP contribution in [0.5, 0.6) is 0 Å². The molecule has 1 saturated carbocycles. The molecule has 20 heavy (non-hydrogen) atoms. The average molecular weight is 296 g/mol. The fourth-order valence-corrected chi connectivity index (χ4v) is 3.01. The molecule has 2 atom stereocenters. The van der Waals surface area contributed by atoms with Gasteiger partial charge in [0.05, 0.1) is 13.1 Å². The Hall–Kier alpha value is -1.90. The summed E-state index contributed by atoms with van der Waals surface area (Å²) < 4.78 is 14.1. The van der Waals surface area contributed by atoms with Crippen molar-refractivity contribution in [3.05, 3.63) is 5.82 Å². The fraction of sp³-hybridized carbons (Fsp3) is 0.636. The van der Waals surface area contributed by atoms with Crippen LogP contribution in [0.3, 0.4) is 0 Å². The summed E-state index contributed by atoms with van der Waals surface area (Å²) in [6, 6.07) is -0.266. The highest BCUT2D eigenvalue weighted by atomic mass is 32.1. The van der Waals surface area contributed by atoms with Crippen LogP contribution in [0.15, 0.2) is 0 Å². The Labute approximate surface area is 118 Å². The summed E-state index contributed by atoms with van der Waals surface area (Å²) in [7, 11) is 0. The molecule has 0 spiro atoms. The zero-order chi connectivity index (χ0) is 13.7. The number of amides is 2. The minimum absolute atomic E-state index is 0.266. The predicted octanol–water partition coefficient (Wildman–Crippen LogP) is 1.17. The van der Waals surface area contributed by atoms with Crippen molar-refractivity contribution >= 4 is 28.9 Å². The second kappa shape index (κ2) is 4.30. The van der Waals surface area contributed by atoms with Gasteiger partial charge in [0.25, 0.3) is 0 Å². The number of urea groups is 1. The molecular formula is C11H12N4O4S. The Morgan fingerprint density at radius 2 is 2.00 bits per heavy atom. The molecule has 1 aliphatic carbocycles. The first-order valence-electron chi connectivity index (χ1n) is 6.46. The van der Waals surface area contributed by atoms with E-state index >= 15 is 0 Å². The lowest BCUT2D eigenvalue weighted by atomic mass is 10.3. The monoisotopic (exact) mass is 296 g/mol. The molecule has 2 amide bonds. The lowest BCUT2D eigenvalue weighted by Gasteiger charge is -2.15. The van der Waals surface area contributed by atoms with E-state index in [9.17, 15) is 9.59 Å². The number of hydrogen-bond donors (Lipinski definition) is 1. The van der Waals surface area contributed by atoms with E-state index < -0.39 is 6.16 Å². The molecular weight excluding hydrogens is 284 g/mol. The maximum atomic E-state index is 12.1. The number of rotatable bonds is 2. The highest BCUT2D eigenvalue weighted by Crippen LogP contribution is 2.39. The van der Waals surface area contributed by atoms with Gasteiger partial charge in [-0.05, 0) is 12.8 Å². The number of nitrogens with one attached hydrogen (secondary N) is 1. The SMILES string of the molecule is O=C1O[C@H]2CN(C(=O)Nc3nc(C4CC4)ns3)C[C@H]2O1. The molecule has 106 valence electrons. The van der Waals surface area contributed by atoms with Gasteiger partial charge in [0.2, 0.25) is 5.13 Å². The van der Waals surface area contributed by atoms with Gasteiger partial charge in [-0.15, -0.1) is 0 Å². The molecule has 1 aromatic rings. The first-order valence-corrected chi connectivity index (χ1v) is 7.23.